The van der Waals surface area contributed by atoms with Crippen LogP contribution in [-0.4, -0.2) is 16.4 Å². The first kappa shape index (κ1) is 9.92. The standard InChI is InChI=1S/C8H8O4S2/c1-4-5(2)14-8(13-4)11-6(9)3-7(10)12-8/h3H2,1-2H3. The maximum Gasteiger partial charge on any atom is 0.367 e. The van der Waals surface area contributed by atoms with Crippen LogP contribution in [0.3, 0.4) is 0 Å². The molecule has 0 amide bonds. The monoisotopic (exact) mass is 232 g/mol. The summed E-state index contributed by atoms with van der Waals surface area (Å²) in [5, 5.41) is 0. The molecule has 0 N–H and O–H groups in total. The molecule has 0 bridgehead atoms. The van der Waals surface area contributed by atoms with Gasteiger partial charge in [-0.3, -0.25) is 9.59 Å². The van der Waals surface area contributed by atoms with Crippen molar-refractivity contribution < 1.29 is 19.1 Å². The summed E-state index contributed by atoms with van der Waals surface area (Å²) in [6.07, 6.45) is -0.291. The lowest BCUT2D eigenvalue weighted by Gasteiger charge is -2.29. The fraction of sp³-hybridized carbons (Fsp3) is 0.500. The Balaban J connectivity index is 2.19. The van der Waals surface area contributed by atoms with Gasteiger partial charge in [0.25, 0.3) is 0 Å². The molecule has 0 radical (unpaired) electrons. The van der Waals surface area contributed by atoms with Gasteiger partial charge >= 0.3 is 16.4 Å². The molecule has 0 aromatic carbocycles. The van der Waals surface area contributed by atoms with Gasteiger partial charge in [0, 0.05) is 0 Å². The predicted octanol–water partition coefficient (Wildman–Crippen LogP) is 1.82. The van der Waals surface area contributed by atoms with Crippen LogP contribution in [0, 0.1) is 0 Å². The Kier molecular flexibility index (Phi) is 2.27. The average Bonchev–Trinajstić information content (AvgIpc) is 2.23. The van der Waals surface area contributed by atoms with Gasteiger partial charge in [-0.2, -0.15) is 0 Å². The number of rotatable bonds is 0. The largest absolute Gasteiger partial charge is 0.403 e. The number of thioether (sulfide) groups is 2. The van der Waals surface area contributed by atoms with E-state index in [0.29, 0.717) is 0 Å². The molecule has 2 rings (SSSR count). The molecule has 0 aromatic heterocycles. The molecule has 1 saturated heterocycles. The first-order valence-corrected chi connectivity index (χ1v) is 5.63. The summed E-state index contributed by atoms with van der Waals surface area (Å²) < 4.78 is 8.92. The molecule has 1 spiro atoms. The van der Waals surface area contributed by atoms with Crippen molar-refractivity contribution in [2.45, 2.75) is 24.7 Å². The van der Waals surface area contributed by atoms with Gasteiger partial charge in [-0.25, -0.2) is 0 Å². The Morgan fingerprint density at radius 3 is 1.93 bits per heavy atom. The molecule has 0 saturated carbocycles. The summed E-state index contributed by atoms with van der Waals surface area (Å²) in [5.41, 5.74) is 0. The first-order chi connectivity index (χ1) is 6.51. The fourth-order valence-electron chi connectivity index (χ4n) is 1.11. The van der Waals surface area contributed by atoms with Crippen molar-refractivity contribution in [3.05, 3.63) is 9.81 Å². The zero-order chi connectivity index (χ0) is 10.3. The number of ether oxygens (including phenoxy) is 2. The minimum atomic E-state index is -1.18. The lowest BCUT2D eigenvalue weighted by molar-refractivity contribution is -0.193. The van der Waals surface area contributed by atoms with E-state index in [1.165, 1.54) is 23.5 Å². The summed E-state index contributed by atoms with van der Waals surface area (Å²) >= 11 is 2.52. The van der Waals surface area contributed by atoms with Crippen molar-refractivity contribution in [1.82, 2.24) is 0 Å². The molecule has 2 heterocycles. The Morgan fingerprint density at radius 2 is 1.50 bits per heavy atom. The number of allylic oxidation sites excluding steroid dienone is 2. The van der Waals surface area contributed by atoms with Gasteiger partial charge in [-0.05, 0) is 47.2 Å². The maximum absolute atomic E-state index is 11.1. The third-order valence-corrected chi connectivity index (χ3v) is 4.51. The van der Waals surface area contributed by atoms with E-state index >= 15 is 0 Å². The van der Waals surface area contributed by atoms with Gasteiger partial charge in [0.15, 0.2) is 0 Å². The van der Waals surface area contributed by atoms with Crippen molar-refractivity contribution in [2.75, 3.05) is 0 Å². The van der Waals surface area contributed by atoms with Crippen LogP contribution in [0.4, 0.5) is 0 Å². The second-order valence-electron chi connectivity index (χ2n) is 2.94. The molecule has 4 nitrogen and oxygen atoms in total. The lowest BCUT2D eigenvalue weighted by Crippen LogP contribution is -2.38. The number of carbonyl (C=O) groups is 2. The highest BCUT2D eigenvalue weighted by atomic mass is 32.2. The van der Waals surface area contributed by atoms with Gasteiger partial charge in [-0.1, -0.05) is 0 Å². The third kappa shape index (κ3) is 1.64. The SMILES string of the molecule is CC1=C(C)SC2(OC(=O)CC(=O)O2)S1. The van der Waals surface area contributed by atoms with Gasteiger partial charge in [0.05, 0.1) is 0 Å². The molecule has 1 fully saturated rings. The molecule has 2 aliphatic heterocycles. The zero-order valence-corrected chi connectivity index (χ0v) is 9.29. The van der Waals surface area contributed by atoms with Gasteiger partial charge < -0.3 is 9.47 Å². The van der Waals surface area contributed by atoms with E-state index in [9.17, 15) is 9.59 Å². The maximum atomic E-state index is 11.1. The van der Waals surface area contributed by atoms with Crippen molar-refractivity contribution in [3.63, 3.8) is 0 Å². The van der Waals surface area contributed by atoms with E-state index in [2.05, 4.69) is 0 Å². The van der Waals surface area contributed by atoms with Crippen LogP contribution < -0.4 is 0 Å². The van der Waals surface area contributed by atoms with E-state index < -0.39 is 16.4 Å². The summed E-state index contributed by atoms with van der Waals surface area (Å²) in [7, 11) is 0. The second-order valence-corrected chi connectivity index (χ2v) is 5.91. The lowest BCUT2D eigenvalue weighted by atomic mass is 10.4. The predicted molar refractivity (Wildman–Crippen MR) is 53.1 cm³/mol. The van der Waals surface area contributed by atoms with Crippen molar-refractivity contribution in [1.29, 1.82) is 0 Å². The Hall–Kier alpha value is -0.620. The summed E-state index contributed by atoms with van der Waals surface area (Å²) in [4.78, 5) is 24.2. The smallest absolute Gasteiger partial charge is 0.367 e. The van der Waals surface area contributed by atoms with Crippen LogP contribution in [0.25, 0.3) is 0 Å². The highest BCUT2D eigenvalue weighted by Crippen LogP contribution is 2.56. The number of carbonyl (C=O) groups excluding carboxylic acids is 2. The van der Waals surface area contributed by atoms with Crippen molar-refractivity contribution >= 4 is 35.5 Å². The Labute approximate surface area is 89.4 Å². The molecule has 14 heavy (non-hydrogen) atoms. The highest BCUT2D eigenvalue weighted by Gasteiger charge is 2.49. The van der Waals surface area contributed by atoms with Gasteiger partial charge in [0.2, 0.25) is 0 Å². The minimum absolute atomic E-state index is 0.291. The van der Waals surface area contributed by atoms with E-state index in [4.69, 9.17) is 9.47 Å². The second kappa shape index (κ2) is 3.20. The van der Waals surface area contributed by atoms with Crippen LogP contribution >= 0.6 is 23.5 Å². The van der Waals surface area contributed by atoms with Crippen LogP contribution in [0.15, 0.2) is 9.81 Å². The topological polar surface area (TPSA) is 52.6 Å². The number of hydrogen-bond acceptors (Lipinski definition) is 6. The molecule has 0 aromatic rings. The zero-order valence-electron chi connectivity index (χ0n) is 7.66. The number of esters is 2. The fourth-order valence-corrected chi connectivity index (χ4v) is 3.86. The average molecular weight is 232 g/mol. The van der Waals surface area contributed by atoms with E-state index in [1.54, 1.807) is 0 Å². The molecular formula is C8H8O4S2. The normalized spacial score (nSPS) is 25.3. The summed E-state index contributed by atoms with van der Waals surface area (Å²) in [6.45, 7) is 3.80. The molecule has 2 aliphatic rings. The Bertz CT molecular complexity index is 315. The van der Waals surface area contributed by atoms with Crippen molar-refractivity contribution in [2.24, 2.45) is 0 Å². The summed E-state index contributed by atoms with van der Waals surface area (Å²) in [6, 6.07) is 0. The minimum Gasteiger partial charge on any atom is -0.403 e. The third-order valence-electron chi connectivity index (χ3n) is 1.82. The number of hydrogen-bond donors (Lipinski definition) is 0. The van der Waals surface area contributed by atoms with E-state index in [1.807, 2.05) is 13.8 Å². The molecule has 0 atom stereocenters. The molecule has 0 unspecified atom stereocenters. The van der Waals surface area contributed by atoms with Crippen LogP contribution in [-0.2, 0) is 19.1 Å². The molecule has 76 valence electrons. The molecule has 6 heteroatoms. The van der Waals surface area contributed by atoms with Crippen LogP contribution in [0.1, 0.15) is 20.3 Å². The van der Waals surface area contributed by atoms with E-state index in [-0.39, 0.29) is 6.42 Å². The van der Waals surface area contributed by atoms with Crippen LogP contribution in [0.5, 0.6) is 0 Å². The quantitative estimate of drug-likeness (QED) is 0.469. The first-order valence-electron chi connectivity index (χ1n) is 4.00. The van der Waals surface area contributed by atoms with E-state index in [0.717, 1.165) is 9.81 Å². The van der Waals surface area contributed by atoms with Crippen LogP contribution in [0.2, 0.25) is 0 Å². The van der Waals surface area contributed by atoms with Gasteiger partial charge in [0.1, 0.15) is 6.42 Å². The molecular weight excluding hydrogens is 224 g/mol. The highest BCUT2D eigenvalue weighted by molar-refractivity contribution is 8.24. The molecule has 0 aliphatic carbocycles. The Morgan fingerprint density at radius 1 is 1.07 bits per heavy atom. The van der Waals surface area contributed by atoms with Crippen molar-refractivity contribution in [3.8, 4) is 0 Å². The van der Waals surface area contributed by atoms with Gasteiger partial charge in [-0.15, -0.1) is 0 Å². The summed E-state index contributed by atoms with van der Waals surface area (Å²) in [5.74, 6) is -1.05.